The normalized spacial score (nSPS) is 12.8. The Bertz CT molecular complexity index is 1160. The molecule has 1 aliphatic carbocycles. The average Bonchev–Trinajstić information content (AvgIpc) is 3.25. The Kier molecular flexibility index (Phi) is 7.14. The van der Waals surface area contributed by atoms with Gasteiger partial charge < -0.3 is 14.8 Å². The first-order chi connectivity index (χ1) is 16.0. The molecule has 1 amide bonds. The maximum Gasteiger partial charge on any atom is 0.341 e. The second-order valence-electron chi connectivity index (χ2n) is 8.60. The van der Waals surface area contributed by atoms with Crippen molar-refractivity contribution in [2.24, 2.45) is 0 Å². The summed E-state index contributed by atoms with van der Waals surface area (Å²) in [5, 5.41) is 5.21. The van der Waals surface area contributed by atoms with Crippen LogP contribution in [0.1, 0.15) is 59.7 Å². The Morgan fingerprint density at radius 1 is 1.06 bits per heavy atom. The van der Waals surface area contributed by atoms with Crippen molar-refractivity contribution in [2.45, 2.75) is 45.4 Å². The van der Waals surface area contributed by atoms with E-state index < -0.39 is 5.97 Å². The minimum absolute atomic E-state index is 0.145. The van der Waals surface area contributed by atoms with Crippen molar-refractivity contribution in [3.8, 4) is 16.9 Å². The SMILES string of the molecule is COC(=O)c1c(-c2ccc3c(c2)CCCC3)csc1NC(=O)COc1cccc(C(C)C)c1. The Morgan fingerprint density at radius 3 is 2.61 bits per heavy atom. The quantitative estimate of drug-likeness (QED) is 0.422. The summed E-state index contributed by atoms with van der Waals surface area (Å²) in [6, 6.07) is 14.1. The van der Waals surface area contributed by atoms with E-state index in [2.05, 4.69) is 37.4 Å². The molecule has 2 aromatic carbocycles. The lowest BCUT2D eigenvalue weighted by Crippen LogP contribution is -2.21. The van der Waals surface area contributed by atoms with E-state index in [0.29, 0.717) is 22.2 Å². The van der Waals surface area contributed by atoms with Crippen LogP contribution in [-0.2, 0) is 22.4 Å². The highest BCUT2D eigenvalue weighted by Crippen LogP contribution is 2.37. The fourth-order valence-electron chi connectivity index (χ4n) is 4.14. The summed E-state index contributed by atoms with van der Waals surface area (Å²) in [7, 11) is 1.35. The molecule has 0 spiro atoms. The molecule has 1 N–H and O–H groups in total. The van der Waals surface area contributed by atoms with Crippen LogP contribution in [0.5, 0.6) is 5.75 Å². The third kappa shape index (κ3) is 5.28. The van der Waals surface area contributed by atoms with Gasteiger partial charge in [-0.15, -0.1) is 11.3 Å². The van der Waals surface area contributed by atoms with Crippen molar-refractivity contribution >= 4 is 28.2 Å². The molecule has 4 rings (SSSR count). The van der Waals surface area contributed by atoms with Crippen molar-refractivity contribution in [3.63, 3.8) is 0 Å². The van der Waals surface area contributed by atoms with Crippen LogP contribution >= 0.6 is 11.3 Å². The molecule has 0 aliphatic heterocycles. The van der Waals surface area contributed by atoms with Crippen LogP contribution in [0.3, 0.4) is 0 Å². The minimum atomic E-state index is -0.468. The monoisotopic (exact) mass is 463 g/mol. The van der Waals surface area contributed by atoms with Crippen LogP contribution in [0.25, 0.3) is 11.1 Å². The molecule has 0 saturated carbocycles. The van der Waals surface area contributed by atoms with Crippen molar-refractivity contribution < 1.29 is 19.1 Å². The molecule has 5 nitrogen and oxygen atoms in total. The van der Waals surface area contributed by atoms with Crippen LogP contribution < -0.4 is 10.1 Å². The minimum Gasteiger partial charge on any atom is -0.484 e. The predicted molar refractivity (Wildman–Crippen MR) is 132 cm³/mol. The summed E-state index contributed by atoms with van der Waals surface area (Å²) in [6.07, 6.45) is 4.56. The van der Waals surface area contributed by atoms with Crippen LogP contribution in [0, 0.1) is 0 Å². The number of carbonyl (C=O) groups is 2. The van der Waals surface area contributed by atoms with E-state index in [-0.39, 0.29) is 12.5 Å². The maximum atomic E-state index is 12.6. The summed E-state index contributed by atoms with van der Waals surface area (Å²) in [6.45, 7) is 4.07. The number of fused-ring (bicyclic) bond motifs is 1. The van der Waals surface area contributed by atoms with Crippen LogP contribution in [0.2, 0.25) is 0 Å². The molecule has 0 saturated heterocycles. The van der Waals surface area contributed by atoms with Crippen LogP contribution in [0.15, 0.2) is 47.8 Å². The molecule has 0 bridgehead atoms. The van der Waals surface area contributed by atoms with Crippen LogP contribution in [0.4, 0.5) is 5.00 Å². The number of carbonyl (C=O) groups excluding carboxylic acids is 2. The predicted octanol–water partition coefficient (Wildman–Crippen LogP) is 6.22. The van der Waals surface area contributed by atoms with E-state index in [4.69, 9.17) is 9.47 Å². The van der Waals surface area contributed by atoms with Gasteiger partial charge in [-0.1, -0.05) is 44.2 Å². The van der Waals surface area contributed by atoms with E-state index in [1.54, 1.807) is 0 Å². The number of thiophene rings is 1. The lowest BCUT2D eigenvalue weighted by molar-refractivity contribution is -0.118. The number of hydrogen-bond donors (Lipinski definition) is 1. The van der Waals surface area contributed by atoms with Gasteiger partial charge in [-0.2, -0.15) is 0 Å². The largest absolute Gasteiger partial charge is 0.484 e. The Labute approximate surface area is 198 Å². The maximum absolute atomic E-state index is 12.6. The van der Waals surface area contributed by atoms with Crippen molar-refractivity contribution in [2.75, 3.05) is 19.0 Å². The fourth-order valence-corrected chi connectivity index (χ4v) is 5.12. The first kappa shape index (κ1) is 23.1. The Balaban J connectivity index is 1.52. The highest BCUT2D eigenvalue weighted by molar-refractivity contribution is 7.15. The number of ether oxygens (including phenoxy) is 2. The van der Waals surface area contributed by atoms with Gasteiger partial charge in [-0.05, 0) is 66.0 Å². The summed E-state index contributed by atoms with van der Waals surface area (Å²) < 4.78 is 10.7. The highest BCUT2D eigenvalue weighted by Gasteiger charge is 2.23. The zero-order chi connectivity index (χ0) is 23.4. The second-order valence-corrected chi connectivity index (χ2v) is 9.48. The molecule has 172 valence electrons. The number of nitrogens with one attached hydrogen (secondary N) is 1. The van der Waals surface area contributed by atoms with Gasteiger partial charge in [0, 0.05) is 10.9 Å². The summed E-state index contributed by atoms with van der Waals surface area (Å²) in [5.41, 5.74) is 5.99. The number of aryl methyl sites for hydroxylation is 2. The molecule has 1 aromatic heterocycles. The van der Waals surface area contributed by atoms with Gasteiger partial charge in [0.1, 0.15) is 16.3 Å². The van der Waals surface area contributed by atoms with Gasteiger partial charge in [0.05, 0.1) is 7.11 Å². The zero-order valence-corrected chi connectivity index (χ0v) is 20.1. The van der Waals surface area contributed by atoms with Gasteiger partial charge in [-0.25, -0.2) is 4.79 Å². The number of amides is 1. The number of benzene rings is 2. The first-order valence-electron chi connectivity index (χ1n) is 11.3. The number of esters is 1. The zero-order valence-electron chi connectivity index (χ0n) is 19.3. The molecule has 3 aromatic rings. The van der Waals surface area contributed by atoms with Gasteiger partial charge in [0.15, 0.2) is 6.61 Å². The lowest BCUT2D eigenvalue weighted by Gasteiger charge is -2.16. The standard InChI is InChI=1S/C27H29NO4S/c1-17(2)19-9-6-10-22(14-19)32-15-24(29)28-26-25(27(30)31-3)23(16-33-26)21-12-11-18-7-4-5-8-20(18)13-21/h6,9-14,16-17H,4-5,7-8,15H2,1-3H3,(H,28,29). The molecular formula is C27H29NO4S. The van der Waals surface area contributed by atoms with Crippen molar-refractivity contribution in [1.29, 1.82) is 0 Å². The molecule has 1 heterocycles. The first-order valence-corrected chi connectivity index (χ1v) is 12.2. The number of rotatable bonds is 7. The smallest absolute Gasteiger partial charge is 0.341 e. The second kappa shape index (κ2) is 10.2. The molecule has 6 heteroatoms. The van der Waals surface area contributed by atoms with Gasteiger partial charge in [-0.3, -0.25) is 4.79 Å². The lowest BCUT2D eigenvalue weighted by atomic mass is 9.89. The number of anilines is 1. The molecule has 33 heavy (non-hydrogen) atoms. The van der Waals surface area contributed by atoms with Gasteiger partial charge >= 0.3 is 5.97 Å². The Hall–Kier alpha value is -3.12. The number of hydrogen-bond acceptors (Lipinski definition) is 5. The molecule has 1 aliphatic rings. The topological polar surface area (TPSA) is 64.6 Å². The van der Waals surface area contributed by atoms with E-state index in [1.807, 2.05) is 29.6 Å². The molecular weight excluding hydrogens is 434 g/mol. The van der Waals surface area contributed by atoms with Gasteiger partial charge in [0.25, 0.3) is 5.91 Å². The van der Waals surface area contributed by atoms with Gasteiger partial charge in [0.2, 0.25) is 0 Å². The molecule has 0 unspecified atom stereocenters. The average molecular weight is 464 g/mol. The third-order valence-electron chi connectivity index (χ3n) is 5.99. The van der Waals surface area contributed by atoms with E-state index in [9.17, 15) is 9.59 Å². The molecule has 0 fully saturated rings. The van der Waals surface area contributed by atoms with E-state index >= 15 is 0 Å². The number of methoxy groups -OCH3 is 1. The highest BCUT2D eigenvalue weighted by atomic mass is 32.1. The van der Waals surface area contributed by atoms with E-state index in [0.717, 1.165) is 29.5 Å². The summed E-state index contributed by atoms with van der Waals surface area (Å²) in [5.74, 6) is 0.224. The van der Waals surface area contributed by atoms with Crippen molar-refractivity contribution in [3.05, 3.63) is 70.1 Å². The van der Waals surface area contributed by atoms with Crippen LogP contribution in [-0.4, -0.2) is 25.6 Å². The van der Waals surface area contributed by atoms with Crippen molar-refractivity contribution in [1.82, 2.24) is 0 Å². The Morgan fingerprint density at radius 2 is 1.85 bits per heavy atom. The fraction of sp³-hybridized carbons (Fsp3) is 0.333. The summed E-state index contributed by atoms with van der Waals surface area (Å²) in [4.78, 5) is 25.3. The molecule has 0 radical (unpaired) electrons. The molecule has 0 atom stereocenters. The summed E-state index contributed by atoms with van der Waals surface area (Å²) >= 11 is 1.32. The van der Waals surface area contributed by atoms with E-state index in [1.165, 1.54) is 42.4 Å². The third-order valence-corrected chi connectivity index (χ3v) is 6.88.